The number of sulfonamides is 1. The fourth-order valence-electron chi connectivity index (χ4n) is 4.71. The lowest BCUT2D eigenvalue weighted by molar-refractivity contribution is -0.192. The van der Waals surface area contributed by atoms with Crippen molar-refractivity contribution in [2.45, 2.75) is 82.3 Å². The molecule has 37 heavy (non-hydrogen) atoms. The Hall–Kier alpha value is -2.02. The number of carboxylic acid groups (broad SMARTS) is 1. The molecule has 2 aliphatic rings. The van der Waals surface area contributed by atoms with Gasteiger partial charge in [0.2, 0.25) is 10.0 Å². The van der Waals surface area contributed by atoms with Crippen molar-refractivity contribution in [3.63, 3.8) is 0 Å². The molecule has 2 aromatic rings. The third-order valence-electron chi connectivity index (χ3n) is 6.63. The molecule has 7 nitrogen and oxygen atoms in total. The molecule has 1 aromatic carbocycles. The summed E-state index contributed by atoms with van der Waals surface area (Å²) in [6.07, 6.45) is 4.50. The van der Waals surface area contributed by atoms with Crippen LogP contribution in [-0.2, 0) is 21.2 Å². The first-order valence-electron chi connectivity index (χ1n) is 12.5. The molecule has 4 rings (SSSR count). The molecule has 1 saturated heterocycles. The molecule has 206 valence electrons. The van der Waals surface area contributed by atoms with Crippen molar-refractivity contribution in [1.82, 2.24) is 15.0 Å². The Kier molecular flexibility index (Phi) is 10.1. The summed E-state index contributed by atoms with van der Waals surface area (Å²) >= 11 is 1.73. The average Bonchev–Trinajstić information content (AvgIpc) is 3.20. The molecule has 1 aliphatic heterocycles. The fourth-order valence-corrected chi connectivity index (χ4v) is 7.43. The van der Waals surface area contributed by atoms with Gasteiger partial charge in [-0.05, 0) is 56.3 Å². The van der Waals surface area contributed by atoms with E-state index in [1.54, 1.807) is 11.3 Å². The largest absolute Gasteiger partial charge is 0.490 e. The summed E-state index contributed by atoms with van der Waals surface area (Å²) in [4.78, 5) is 15.2. The number of halogens is 3. The maximum atomic E-state index is 13.1. The van der Waals surface area contributed by atoms with Crippen LogP contribution < -0.4 is 10.0 Å². The van der Waals surface area contributed by atoms with Gasteiger partial charge in [0.15, 0.2) is 0 Å². The Labute approximate surface area is 219 Å². The lowest BCUT2D eigenvalue weighted by Gasteiger charge is -2.24. The molecule has 1 saturated carbocycles. The maximum absolute atomic E-state index is 13.1. The molecule has 0 bridgehead atoms. The SMILES string of the molecule is Cc1ccc(-c2sc(CC3CCCCC3)nc2C)cc1S(=O)(=O)NC1CCCNC1.O=C(O)C(F)(F)F. The fraction of sp³-hybridized carbons (Fsp3) is 0.600. The predicted octanol–water partition coefficient (Wildman–Crippen LogP) is 5.21. The van der Waals surface area contributed by atoms with Gasteiger partial charge in [-0.3, -0.25) is 0 Å². The van der Waals surface area contributed by atoms with Gasteiger partial charge in [-0.15, -0.1) is 11.3 Å². The number of carbonyl (C=O) groups is 1. The topological polar surface area (TPSA) is 108 Å². The van der Waals surface area contributed by atoms with E-state index in [0.717, 1.165) is 53.4 Å². The molecular formula is C25H34F3N3O4S2. The number of carboxylic acids is 1. The highest BCUT2D eigenvalue weighted by Gasteiger charge is 2.38. The van der Waals surface area contributed by atoms with Crippen molar-refractivity contribution in [3.05, 3.63) is 34.5 Å². The first-order chi connectivity index (χ1) is 17.4. The van der Waals surface area contributed by atoms with Gasteiger partial charge in [-0.1, -0.05) is 44.2 Å². The van der Waals surface area contributed by atoms with Crippen molar-refractivity contribution < 1.29 is 31.5 Å². The Morgan fingerprint density at radius 2 is 1.84 bits per heavy atom. The number of rotatable bonds is 6. The normalized spacial score (nSPS) is 19.2. The van der Waals surface area contributed by atoms with Crippen LogP contribution >= 0.6 is 11.3 Å². The minimum Gasteiger partial charge on any atom is -0.475 e. The standard InChI is InChI=1S/C23H33N3O2S2.C2HF3O2/c1-16-10-11-19(14-21(16)30(27,28)26-20-9-6-12-24-15-20)23-17(2)25-22(29-23)13-18-7-4-3-5-8-18;3-2(4,5)1(6)7/h10-11,14,18,20,24,26H,3-9,12-13,15H2,1-2H3;(H,6,7). The average molecular weight is 562 g/mol. The second kappa shape index (κ2) is 12.7. The third-order valence-corrected chi connectivity index (χ3v) is 9.52. The quantitative estimate of drug-likeness (QED) is 0.447. The van der Waals surface area contributed by atoms with E-state index in [1.165, 1.54) is 37.1 Å². The number of nitrogens with one attached hydrogen (secondary N) is 2. The first kappa shape index (κ1) is 29.5. The second-order valence-corrected chi connectivity index (χ2v) is 12.4. The molecule has 0 spiro atoms. The number of benzene rings is 1. The lowest BCUT2D eigenvalue weighted by Crippen LogP contribution is -2.45. The van der Waals surface area contributed by atoms with Crippen LogP contribution in [0.2, 0.25) is 0 Å². The van der Waals surface area contributed by atoms with Crippen LogP contribution in [0.5, 0.6) is 0 Å². The number of nitrogens with zero attached hydrogens (tertiary/aromatic N) is 1. The summed E-state index contributed by atoms with van der Waals surface area (Å²) in [7, 11) is -3.56. The zero-order valence-electron chi connectivity index (χ0n) is 21.0. The van der Waals surface area contributed by atoms with E-state index >= 15 is 0 Å². The Morgan fingerprint density at radius 1 is 1.16 bits per heavy atom. The summed E-state index contributed by atoms with van der Waals surface area (Å²) in [5.41, 5.74) is 2.73. The van der Waals surface area contributed by atoms with Gasteiger partial charge < -0.3 is 10.4 Å². The van der Waals surface area contributed by atoms with Crippen LogP contribution in [-0.4, -0.2) is 49.8 Å². The van der Waals surface area contributed by atoms with E-state index in [-0.39, 0.29) is 6.04 Å². The zero-order valence-corrected chi connectivity index (χ0v) is 22.7. The Balaban J connectivity index is 0.000000479. The van der Waals surface area contributed by atoms with Crippen molar-refractivity contribution >= 4 is 27.3 Å². The van der Waals surface area contributed by atoms with Gasteiger partial charge >= 0.3 is 12.1 Å². The zero-order chi connectivity index (χ0) is 27.2. The minimum atomic E-state index is -5.08. The first-order valence-corrected chi connectivity index (χ1v) is 14.8. The van der Waals surface area contributed by atoms with Crippen molar-refractivity contribution in [2.24, 2.45) is 5.92 Å². The molecule has 1 atom stereocenters. The van der Waals surface area contributed by atoms with Crippen molar-refractivity contribution in [3.8, 4) is 10.4 Å². The number of thiazole rings is 1. The summed E-state index contributed by atoms with van der Waals surface area (Å²) in [6.45, 7) is 5.55. The molecule has 12 heteroatoms. The Morgan fingerprint density at radius 3 is 2.43 bits per heavy atom. The number of hydrogen-bond donors (Lipinski definition) is 3. The molecular weight excluding hydrogens is 527 g/mol. The van der Waals surface area contributed by atoms with Gasteiger partial charge in [0, 0.05) is 19.0 Å². The number of aromatic nitrogens is 1. The van der Waals surface area contributed by atoms with Crippen LogP contribution in [0.3, 0.4) is 0 Å². The van der Waals surface area contributed by atoms with Crippen LogP contribution in [0.25, 0.3) is 10.4 Å². The highest BCUT2D eigenvalue weighted by Crippen LogP contribution is 2.35. The third kappa shape index (κ3) is 8.49. The monoisotopic (exact) mass is 561 g/mol. The van der Waals surface area contributed by atoms with E-state index in [0.29, 0.717) is 11.4 Å². The summed E-state index contributed by atoms with van der Waals surface area (Å²) in [5.74, 6) is -2.01. The van der Waals surface area contributed by atoms with Crippen LogP contribution in [0.4, 0.5) is 13.2 Å². The number of aliphatic carboxylic acids is 1. The van der Waals surface area contributed by atoms with E-state index in [4.69, 9.17) is 14.9 Å². The summed E-state index contributed by atoms with van der Waals surface area (Å²) < 4.78 is 60.9. The molecule has 1 aromatic heterocycles. The number of alkyl halides is 3. The van der Waals surface area contributed by atoms with E-state index in [9.17, 15) is 21.6 Å². The van der Waals surface area contributed by atoms with Crippen LogP contribution in [0, 0.1) is 19.8 Å². The van der Waals surface area contributed by atoms with Crippen LogP contribution in [0.15, 0.2) is 23.1 Å². The number of hydrogen-bond acceptors (Lipinski definition) is 6. The van der Waals surface area contributed by atoms with Crippen molar-refractivity contribution in [2.75, 3.05) is 13.1 Å². The molecule has 1 aliphatic carbocycles. The van der Waals surface area contributed by atoms with Crippen molar-refractivity contribution in [1.29, 1.82) is 0 Å². The highest BCUT2D eigenvalue weighted by molar-refractivity contribution is 7.89. The molecule has 1 unspecified atom stereocenters. The number of aryl methyl sites for hydroxylation is 2. The molecule has 2 fully saturated rings. The van der Waals surface area contributed by atoms with E-state index < -0.39 is 22.2 Å². The van der Waals surface area contributed by atoms with Gasteiger partial charge in [-0.25, -0.2) is 22.9 Å². The lowest BCUT2D eigenvalue weighted by atomic mass is 9.87. The smallest absolute Gasteiger partial charge is 0.475 e. The second-order valence-electron chi connectivity index (χ2n) is 9.68. The molecule has 0 amide bonds. The summed E-state index contributed by atoms with van der Waals surface area (Å²) in [5, 5.41) is 11.6. The number of piperidine rings is 1. The van der Waals surface area contributed by atoms with Gasteiger partial charge in [0.1, 0.15) is 0 Å². The van der Waals surface area contributed by atoms with E-state index in [1.807, 2.05) is 32.0 Å². The highest BCUT2D eigenvalue weighted by atomic mass is 32.2. The van der Waals surface area contributed by atoms with Gasteiger partial charge in [-0.2, -0.15) is 13.2 Å². The van der Waals surface area contributed by atoms with Crippen LogP contribution in [0.1, 0.15) is 61.2 Å². The van der Waals surface area contributed by atoms with E-state index in [2.05, 4.69) is 10.0 Å². The molecule has 3 N–H and O–H groups in total. The predicted molar refractivity (Wildman–Crippen MR) is 137 cm³/mol. The summed E-state index contributed by atoms with van der Waals surface area (Å²) in [6, 6.07) is 5.74. The van der Waals surface area contributed by atoms with Gasteiger partial charge in [0.05, 0.1) is 20.5 Å². The molecule has 0 radical (unpaired) electrons. The van der Waals surface area contributed by atoms with Gasteiger partial charge in [0.25, 0.3) is 0 Å². The molecule has 2 heterocycles. The minimum absolute atomic E-state index is 0.0426. The maximum Gasteiger partial charge on any atom is 0.490 e. The Bertz CT molecular complexity index is 1170.